The molecule has 0 aliphatic heterocycles. The van der Waals surface area contributed by atoms with Gasteiger partial charge < -0.3 is 9.88 Å². The number of benzene rings is 1. The molecule has 0 radical (unpaired) electrons. The number of nitrogens with one attached hydrogen (secondary N) is 1. The summed E-state index contributed by atoms with van der Waals surface area (Å²) < 4.78 is 3.85. The van der Waals surface area contributed by atoms with Crippen molar-refractivity contribution < 1.29 is 4.79 Å². The van der Waals surface area contributed by atoms with Crippen LogP contribution in [0.1, 0.15) is 38.1 Å². The number of carbonyl (C=O) groups is 1. The lowest BCUT2D eigenvalue weighted by Crippen LogP contribution is -2.38. The second-order valence-corrected chi connectivity index (χ2v) is 6.53. The van der Waals surface area contributed by atoms with Crippen LogP contribution in [-0.2, 0) is 11.3 Å². The second kappa shape index (κ2) is 7.00. The van der Waals surface area contributed by atoms with Crippen molar-refractivity contribution in [1.82, 2.24) is 35.1 Å². The number of hydrogen-bond acceptors (Lipinski definition) is 5. The summed E-state index contributed by atoms with van der Waals surface area (Å²) in [5.41, 5.74) is 1.82. The topological polar surface area (TPSA) is 90.5 Å². The van der Waals surface area contributed by atoms with Crippen LogP contribution in [-0.4, -0.2) is 41.7 Å². The molecule has 1 aliphatic rings. The van der Waals surface area contributed by atoms with Crippen LogP contribution in [0.3, 0.4) is 0 Å². The van der Waals surface area contributed by atoms with Gasteiger partial charge in [-0.15, -0.1) is 15.3 Å². The Balaban J connectivity index is 1.26. The number of nitrogens with zero attached hydrogens (tertiary/aromatic N) is 6. The molecule has 1 fully saturated rings. The molecule has 0 unspecified atom stereocenters. The van der Waals surface area contributed by atoms with Crippen molar-refractivity contribution in [3.8, 4) is 0 Å². The fraction of sp³-hybridized carbons (Fsp3) is 0.471. The quantitative estimate of drug-likeness (QED) is 0.764. The highest BCUT2D eigenvalue weighted by molar-refractivity contribution is 5.77. The van der Waals surface area contributed by atoms with Crippen molar-refractivity contribution >= 4 is 16.9 Å². The van der Waals surface area contributed by atoms with Gasteiger partial charge in [-0.2, -0.15) is 0 Å². The Morgan fingerprint density at radius 2 is 1.88 bits per heavy atom. The van der Waals surface area contributed by atoms with Crippen molar-refractivity contribution in [2.45, 2.75) is 50.7 Å². The molecular weight excluding hydrogens is 318 g/mol. The molecule has 1 saturated carbocycles. The molecule has 1 aliphatic carbocycles. The minimum atomic E-state index is 0.0762. The second-order valence-electron chi connectivity index (χ2n) is 6.53. The van der Waals surface area contributed by atoms with Crippen molar-refractivity contribution in [2.24, 2.45) is 0 Å². The first-order valence-electron chi connectivity index (χ1n) is 8.71. The predicted octanol–water partition coefficient (Wildman–Crippen LogP) is 1.71. The maximum atomic E-state index is 12.3. The van der Waals surface area contributed by atoms with Gasteiger partial charge in [0.2, 0.25) is 5.91 Å². The van der Waals surface area contributed by atoms with E-state index < -0.39 is 0 Å². The van der Waals surface area contributed by atoms with Crippen LogP contribution < -0.4 is 5.32 Å². The molecule has 1 N–H and O–H groups in total. The standard InChI is InChI=1S/C17H21N7O/c25-17(9-10-24-16-4-2-1-3-15(16)21-22-24)20-13-5-7-14(8-6-13)23-11-18-19-12-23/h1-4,11-14H,5-10H2,(H,20,25). The van der Waals surface area contributed by atoms with Crippen LogP contribution in [0, 0.1) is 0 Å². The summed E-state index contributed by atoms with van der Waals surface area (Å²) in [4.78, 5) is 12.3. The van der Waals surface area contributed by atoms with E-state index in [1.165, 1.54) is 0 Å². The lowest BCUT2D eigenvalue weighted by Gasteiger charge is -2.29. The molecule has 0 saturated heterocycles. The van der Waals surface area contributed by atoms with Gasteiger partial charge in [-0.05, 0) is 37.8 Å². The Labute approximate surface area is 145 Å². The van der Waals surface area contributed by atoms with E-state index in [-0.39, 0.29) is 11.9 Å². The highest BCUT2D eigenvalue weighted by Gasteiger charge is 2.23. The summed E-state index contributed by atoms with van der Waals surface area (Å²) in [5.74, 6) is 0.0762. The zero-order chi connectivity index (χ0) is 17.1. The van der Waals surface area contributed by atoms with Crippen molar-refractivity contribution in [3.05, 3.63) is 36.9 Å². The van der Waals surface area contributed by atoms with Gasteiger partial charge in [-0.1, -0.05) is 17.3 Å². The van der Waals surface area contributed by atoms with E-state index in [0.29, 0.717) is 19.0 Å². The SMILES string of the molecule is O=C(CCn1nnc2ccccc21)NC1CCC(n2cnnc2)CC1. The summed E-state index contributed by atoms with van der Waals surface area (Å²) >= 11 is 0. The molecule has 0 bridgehead atoms. The van der Waals surface area contributed by atoms with Gasteiger partial charge in [0.1, 0.15) is 18.2 Å². The first kappa shape index (κ1) is 15.7. The van der Waals surface area contributed by atoms with E-state index in [4.69, 9.17) is 0 Å². The number of hydrogen-bond donors (Lipinski definition) is 1. The number of aromatic nitrogens is 6. The Bertz CT molecular complexity index is 834. The molecule has 2 heterocycles. The molecule has 1 aromatic carbocycles. The first-order valence-corrected chi connectivity index (χ1v) is 8.71. The zero-order valence-corrected chi connectivity index (χ0v) is 14.0. The maximum absolute atomic E-state index is 12.3. The average Bonchev–Trinajstić information content (AvgIpc) is 3.31. The van der Waals surface area contributed by atoms with Gasteiger partial charge in [0.25, 0.3) is 0 Å². The minimum absolute atomic E-state index is 0.0762. The fourth-order valence-electron chi connectivity index (χ4n) is 3.51. The summed E-state index contributed by atoms with van der Waals surface area (Å²) in [6.07, 6.45) is 8.01. The van der Waals surface area contributed by atoms with E-state index in [1.807, 2.05) is 24.3 Å². The maximum Gasteiger partial charge on any atom is 0.222 e. The van der Waals surface area contributed by atoms with E-state index in [9.17, 15) is 4.79 Å². The summed E-state index contributed by atoms with van der Waals surface area (Å²) in [7, 11) is 0. The lowest BCUT2D eigenvalue weighted by molar-refractivity contribution is -0.122. The van der Waals surface area contributed by atoms with Crippen molar-refractivity contribution in [3.63, 3.8) is 0 Å². The highest BCUT2D eigenvalue weighted by Crippen LogP contribution is 2.27. The largest absolute Gasteiger partial charge is 0.353 e. The third-order valence-electron chi connectivity index (χ3n) is 4.89. The zero-order valence-electron chi connectivity index (χ0n) is 14.0. The summed E-state index contributed by atoms with van der Waals surface area (Å²) in [5, 5.41) is 19.1. The Hall–Kier alpha value is -2.77. The van der Waals surface area contributed by atoms with Crippen LogP contribution in [0.5, 0.6) is 0 Å². The minimum Gasteiger partial charge on any atom is -0.353 e. The molecule has 0 spiro atoms. The smallest absolute Gasteiger partial charge is 0.222 e. The van der Waals surface area contributed by atoms with Gasteiger partial charge >= 0.3 is 0 Å². The highest BCUT2D eigenvalue weighted by atomic mass is 16.1. The molecule has 1 amide bonds. The van der Waals surface area contributed by atoms with Gasteiger partial charge in [-0.25, -0.2) is 4.68 Å². The lowest BCUT2D eigenvalue weighted by atomic mass is 9.91. The van der Waals surface area contributed by atoms with Crippen LogP contribution in [0.15, 0.2) is 36.9 Å². The number of rotatable bonds is 5. The Morgan fingerprint density at radius 3 is 2.68 bits per heavy atom. The third-order valence-corrected chi connectivity index (χ3v) is 4.89. The van der Waals surface area contributed by atoms with E-state index in [2.05, 4.69) is 30.4 Å². The normalized spacial score (nSPS) is 20.6. The molecule has 130 valence electrons. The molecular formula is C17H21N7O. The molecule has 0 atom stereocenters. The van der Waals surface area contributed by atoms with Gasteiger partial charge in [0.15, 0.2) is 0 Å². The summed E-state index contributed by atoms with van der Waals surface area (Å²) in [6, 6.07) is 8.49. The van der Waals surface area contributed by atoms with Crippen LogP contribution in [0.25, 0.3) is 11.0 Å². The number of para-hydroxylation sites is 1. The molecule has 25 heavy (non-hydrogen) atoms. The number of amides is 1. The van der Waals surface area contributed by atoms with Gasteiger partial charge in [0.05, 0.1) is 12.1 Å². The first-order chi connectivity index (χ1) is 12.3. The molecule has 2 aromatic heterocycles. The Morgan fingerprint density at radius 1 is 1.12 bits per heavy atom. The van der Waals surface area contributed by atoms with Crippen LogP contribution in [0.2, 0.25) is 0 Å². The summed E-state index contributed by atoms with van der Waals surface area (Å²) in [6.45, 7) is 0.544. The van der Waals surface area contributed by atoms with Crippen molar-refractivity contribution in [1.29, 1.82) is 0 Å². The number of aryl methyl sites for hydroxylation is 1. The number of carbonyl (C=O) groups excluding carboxylic acids is 1. The van der Waals surface area contributed by atoms with Crippen molar-refractivity contribution in [2.75, 3.05) is 0 Å². The third kappa shape index (κ3) is 3.52. The molecule has 3 aromatic rings. The average molecular weight is 339 g/mol. The monoisotopic (exact) mass is 339 g/mol. The van der Waals surface area contributed by atoms with Crippen LogP contribution >= 0.6 is 0 Å². The molecule has 4 rings (SSSR count). The fourth-order valence-corrected chi connectivity index (χ4v) is 3.51. The van der Waals surface area contributed by atoms with Gasteiger partial charge in [-0.3, -0.25) is 4.79 Å². The van der Waals surface area contributed by atoms with E-state index >= 15 is 0 Å². The van der Waals surface area contributed by atoms with Gasteiger partial charge in [0, 0.05) is 18.5 Å². The molecule has 8 heteroatoms. The Kier molecular flexibility index (Phi) is 4.41. The number of fused-ring (bicyclic) bond motifs is 1. The van der Waals surface area contributed by atoms with E-state index in [0.717, 1.165) is 36.7 Å². The van der Waals surface area contributed by atoms with Crippen LogP contribution in [0.4, 0.5) is 0 Å². The predicted molar refractivity (Wildman–Crippen MR) is 91.6 cm³/mol. The van der Waals surface area contributed by atoms with E-state index in [1.54, 1.807) is 17.3 Å². The molecule has 8 nitrogen and oxygen atoms in total.